The maximum atomic E-state index is 13.7. The van der Waals surface area contributed by atoms with Crippen LogP contribution in [0.4, 0.5) is 10.1 Å². The van der Waals surface area contributed by atoms with Crippen LogP contribution in [-0.2, 0) is 11.2 Å². The van der Waals surface area contributed by atoms with Crippen LogP contribution in [0.2, 0.25) is 0 Å². The Morgan fingerprint density at radius 2 is 2.29 bits per heavy atom. The lowest BCUT2D eigenvalue weighted by Crippen LogP contribution is -2.49. The Bertz CT molecular complexity index is 494. The normalized spacial score (nSPS) is 26.7. The Kier molecular flexibility index (Phi) is 4.45. The number of hydrogen-bond donors (Lipinski definition) is 1. The lowest BCUT2D eigenvalue weighted by molar-refractivity contribution is 0.0255. The molecule has 4 heteroatoms. The minimum absolute atomic E-state index is 0.0889. The van der Waals surface area contributed by atoms with Gasteiger partial charge in [-0.15, -0.1) is 0 Å². The molecule has 0 aromatic heterocycles. The number of hydrogen-bond acceptors (Lipinski definition) is 3. The van der Waals surface area contributed by atoms with Crippen LogP contribution in [0.25, 0.3) is 0 Å². The van der Waals surface area contributed by atoms with E-state index in [1.54, 1.807) is 12.1 Å². The van der Waals surface area contributed by atoms with E-state index in [2.05, 4.69) is 11.8 Å². The molecule has 2 N–H and O–H groups in total. The van der Waals surface area contributed by atoms with E-state index in [-0.39, 0.29) is 11.9 Å². The smallest absolute Gasteiger partial charge is 0.123 e. The highest BCUT2D eigenvalue weighted by atomic mass is 19.1. The second-order valence-electron chi connectivity index (χ2n) is 6.25. The van der Waals surface area contributed by atoms with Gasteiger partial charge in [-0.1, -0.05) is 6.92 Å². The molecule has 3 atom stereocenters. The molecule has 1 aliphatic carbocycles. The summed E-state index contributed by atoms with van der Waals surface area (Å²) in [7, 11) is 0. The van der Waals surface area contributed by atoms with Crippen LogP contribution in [0.15, 0.2) is 18.2 Å². The Balaban J connectivity index is 1.89. The zero-order valence-electron chi connectivity index (χ0n) is 12.7. The molecule has 0 bridgehead atoms. The van der Waals surface area contributed by atoms with Crippen molar-refractivity contribution in [2.45, 2.75) is 57.2 Å². The van der Waals surface area contributed by atoms with Crippen molar-refractivity contribution in [3.8, 4) is 0 Å². The molecule has 2 aliphatic rings. The van der Waals surface area contributed by atoms with Crippen LogP contribution >= 0.6 is 0 Å². The molecule has 3 rings (SSSR count). The highest BCUT2D eigenvalue weighted by Gasteiger charge is 2.36. The fourth-order valence-electron chi connectivity index (χ4n) is 3.65. The summed E-state index contributed by atoms with van der Waals surface area (Å²) in [6.07, 6.45) is 5.52. The summed E-state index contributed by atoms with van der Waals surface area (Å²) in [5.74, 6) is -0.173. The van der Waals surface area contributed by atoms with E-state index in [1.165, 1.54) is 12.8 Å². The topological polar surface area (TPSA) is 38.5 Å². The van der Waals surface area contributed by atoms with Gasteiger partial charge in [0.2, 0.25) is 0 Å². The highest BCUT2D eigenvalue weighted by Crippen LogP contribution is 2.35. The van der Waals surface area contributed by atoms with Gasteiger partial charge >= 0.3 is 0 Å². The standard InChI is InChI=1S/C17H25FN2O/c1-2-14(19)11-12-10-13(18)6-7-15(12)20-8-9-21-17-5-3-4-16(17)20/h6-7,10,14,16-17H,2-5,8-9,11,19H2,1H3. The fourth-order valence-corrected chi connectivity index (χ4v) is 3.65. The number of nitrogens with two attached hydrogens (primary N) is 1. The van der Waals surface area contributed by atoms with Crippen molar-refractivity contribution in [1.82, 2.24) is 0 Å². The number of benzene rings is 1. The van der Waals surface area contributed by atoms with Crippen LogP contribution in [0.3, 0.4) is 0 Å². The summed E-state index contributed by atoms with van der Waals surface area (Å²) in [5, 5.41) is 0. The van der Waals surface area contributed by atoms with Crippen molar-refractivity contribution in [1.29, 1.82) is 0 Å². The molecule has 116 valence electrons. The predicted octanol–water partition coefficient (Wildman–Crippen LogP) is 2.86. The van der Waals surface area contributed by atoms with E-state index < -0.39 is 0 Å². The van der Waals surface area contributed by atoms with Gasteiger partial charge in [-0.2, -0.15) is 0 Å². The number of morpholine rings is 1. The Labute approximate surface area is 126 Å². The van der Waals surface area contributed by atoms with Crippen LogP contribution in [0.5, 0.6) is 0 Å². The molecule has 1 aromatic carbocycles. The highest BCUT2D eigenvalue weighted by molar-refractivity contribution is 5.56. The number of fused-ring (bicyclic) bond motifs is 1. The van der Waals surface area contributed by atoms with Crippen molar-refractivity contribution >= 4 is 5.69 Å². The van der Waals surface area contributed by atoms with Crippen molar-refractivity contribution in [2.24, 2.45) is 5.73 Å². The summed E-state index contributed by atoms with van der Waals surface area (Å²) in [6.45, 7) is 3.73. The number of nitrogens with zero attached hydrogens (tertiary/aromatic N) is 1. The average Bonchev–Trinajstić information content (AvgIpc) is 2.96. The molecule has 3 nitrogen and oxygen atoms in total. The summed E-state index contributed by atoms with van der Waals surface area (Å²) < 4.78 is 19.5. The van der Waals surface area contributed by atoms with Crippen LogP contribution in [0, 0.1) is 5.82 Å². The first kappa shape index (κ1) is 14.8. The molecular weight excluding hydrogens is 267 g/mol. The quantitative estimate of drug-likeness (QED) is 0.927. The van der Waals surface area contributed by atoms with Gasteiger partial charge in [-0.05, 0) is 55.9 Å². The third kappa shape index (κ3) is 3.06. The van der Waals surface area contributed by atoms with Gasteiger partial charge in [0.25, 0.3) is 0 Å². The Hall–Kier alpha value is -1.13. The molecule has 2 fully saturated rings. The van der Waals surface area contributed by atoms with Gasteiger partial charge in [0, 0.05) is 18.3 Å². The third-order valence-corrected chi connectivity index (χ3v) is 4.84. The molecule has 1 aliphatic heterocycles. The second-order valence-corrected chi connectivity index (χ2v) is 6.25. The average molecular weight is 292 g/mol. The van der Waals surface area contributed by atoms with Gasteiger partial charge < -0.3 is 15.4 Å². The fraction of sp³-hybridized carbons (Fsp3) is 0.647. The summed E-state index contributed by atoms with van der Waals surface area (Å²) in [4.78, 5) is 2.43. The van der Waals surface area contributed by atoms with Gasteiger partial charge in [-0.25, -0.2) is 4.39 Å². The van der Waals surface area contributed by atoms with Crippen LogP contribution < -0.4 is 10.6 Å². The maximum absolute atomic E-state index is 13.7. The SMILES string of the molecule is CCC(N)Cc1cc(F)ccc1N1CCOC2CCCC21. The number of rotatable bonds is 4. The molecule has 0 radical (unpaired) electrons. The van der Waals surface area contributed by atoms with E-state index in [4.69, 9.17) is 10.5 Å². The molecule has 0 spiro atoms. The zero-order chi connectivity index (χ0) is 14.8. The van der Waals surface area contributed by atoms with Gasteiger partial charge in [0.1, 0.15) is 5.82 Å². The van der Waals surface area contributed by atoms with Gasteiger partial charge in [0.15, 0.2) is 0 Å². The van der Waals surface area contributed by atoms with Crippen LogP contribution in [0.1, 0.15) is 38.2 Å². The number of anilines is 1. The lowest BCUT2D eigenvalue weighted by atomic mass is 10.00. The van der Waals surface area contributed by atoms with E-state index in [0.29, 0.717) is 12.1 Å². The lowest BCUT2D eigenvalue weighted by Gasteiger charge is -2.40. The van der Waals surface area contributed by atoms with Crippen molar-refractivity contribution < 1.29 is 9.13 Å². The van der Waals surface area contributed by atoms with E-state index in [0.717, 1.165) is 43.7 Å². The van der Waals surface area contributed by atoms with Crippen LogP contribution in [-0.4, -0.2) is 31.3 Å². The van der Waals surface area contributed by atoms with Crippen molar-refractivity contribution in [2.75, 3.05) is 18.1 Å². The maximum Gasteiger partial charge on any atom is 0.123 e. The van der Waals surface area contributed by atoms with Gasteiger partial charge in [-0.3, -0.25) is 0 Å². The molecule has 1 heterocycles. The molecule has 21 heavy (non-hydrogen) atoms. The zero-order valence-corrected chi connectivity index (χ0v) is 12.7. The molecule has 0 amide bonds. The first-order chi connectivity index (χ1) is 10.2. The van der Waals surface area contributed by atoms with Crippen molar-refractivity contribution in [3.05, 3.63) is 29.6 Å². The molecular formula is C17H25FN2O. The molecule has 3 unspecified atom stereocenters. The Morgan fingerprint density at radius 3 is 3.10 bits per heavy atom. The summed E-state index contributed by atoms with van der Waals surface area (Å²) in [6, 6.07) is 5.68. The second kappa shape index (κ2) is 6.32. The van der Waals surface area contributed by atoms with Gasteiger partial charge in [0.05, 0.1) is 18.8 Å². The largest absolute Gasteiger partial charge is 0.374 e. The Morgan fingerprint density at radius 1 is 1.43 bits per heavy atom. The monoisotopic (exact) mass is 292 g/mol. The first-order valence-electron chi connectivity index (χ1n) is 8.11. The molecule has 1 saturated carbocycles. The molecule has 1 aromatic rings. The minimum atomic E-state index is -0.173. The van der Waals surface area contributed by atoms with E-state index >= 15 is 0 Å². The summed E-state index contributed by atoms with van der Waals surface area (Å²) >= 11 is 0. The first-order valence-corrected chi connectivity index (χ1v) is 8.11. The van der Waals surface area contributed by atoms with E-state index in [1.807, 2.05) is 6.07 Å². The number of ether oxygens (including phenoxy) is 1. The predicted molar refractivity (Wildman–Crippen MR) is 83.1 cm³/mol. The number of halogens is 1. The molecule has 1 saturated heterocycles. The summed E-state index contributed by atoms with van der Waals surface area (Å²) in [5.41, 5.74) is 8.29. The van der Waals surface area contributed by atoms with E-state index in [9.17, 15) is 4.39 Å². The van der Waals surface area contributed by atoms with Crippen molar-refractivity contribution in [3.63, 3.8) is 0 Å². The minimum Gasteiger partial charge on any atom is -0.374 e. The third-order valence-electron chi connectivity index (χ3n) is 4.84.